The molecule has 1 heterocycles. The topological polar surface area (TPSA) is 61.6 Å². The number of hydrogen-bond acceptors (Lipinski definition) is 5. The highest BCUT2D eigenvalue weighted by Gasteiger charge is 2.10. The molecule has 0 N–H and O–H groups in total. The van der Waals surface area contributed by atoms with E-state index in [4.69, 9.17) is 14.0 Å². The summed E-state index contributed by atoms with van der Waals surface area (Å²) in [7, 11) is 1.55. The van der Waals surface area contributed by atoms with Crippen molar-refractivity contribution in [2.24, 2.45) is 0 Å². The van der Waals surface area contributed by atoms with Gasteiger partial charge in [0, 0.05) is 17.2 Å². The van der Waals surface area contributed by atoms with E-state index in [1.165, 1.54) is 0 Å². The molecule has 0 unspecified atom stereocenters. The van der Waals surface area contributed by atoms with Crippen LogP contribution in [0.4, 0.5) is 0 Å². The van der Waals surface area contributed by atoms with Crippen molar-refractivity contribution in [3.63, 3.8) is 0 Å². The van der Waals surface area contributed by atoms with Crippen LogP contribution in [0.5, 0.6) is 11.5 Å². The number of methoxy groups -OCH3 is 1. The Morgan fingerprint density at radius 1 is 1.09 bits per heavy atom. The van der Waals surface area contributed by atoms with Gasteiger partial charge in [0.05, 0.1) is 7.11 Å². The smallest absolute Gasteiger partial charge is 0.167 e. The highest BCUT2D eigenvalue weighted by Crippen LogP contribution is 2.28. The van der Waals surface area contributed by atoms with Crippen LogP contribution >= 0.6 is 0 Å². The summed E-state index contributed by atoms with van der Waals surface area (Å²) in [5.74, 6) is 1.72. The van der Waals surface area contributed by atoms with E-state index in [1.54, 1.807) is 25.3 Å². The number of carbonyl (C=O) groups excluding carboxylic acids is 1. The summed E-state index contributed by atoms with van der Waals surface area (Å²) < 4.78 is 16.2. The molecule has 0 bridgehead atoms. The lowest BCUT2D eigenvalue weighted by atomic mass is 10.2. The van der Waals surface area contributed by atoms with Crippen LogP contribution in [0.2, 0.25) is 0 Å². The van der Waals surface area contributed by atoms with Gasteiger partial charge in [-0.3, -0.25) is 4.79 Å². The third-order valence-electron chi connectivity index (χ3n) is 3.32. The van der Waals surface area contributed by atoms with E-state index in [1.807, 2.05) is 36.4 Å². The van der Waals surface area contributed by atoms with Crippen molar-refractivity contribution in [2.75, 3.05) is 7.11 Å². The third-order valence-corrected chi connectivity index (χ3v) is 3.32. The quantitative estimate of drug-likeness (QED) is 0.649. The molecule has 23 heavy (non-hydrogen) atoms. The lowest BCUT2D eigenvalue weighted by Crippen LogP contribution is -1.98. The van der Waals surface area contributed by atoms with Crippen LogP contribution in [0.15, 0.2) is 59.1 Å². The molecule has 0 radical (unpaired) electrons. The first-order valence-electron chi connectivity index (χ1n) is 7.07. The lowest BCUT2D eigenvalue weighted by molar-refractivity contribution is 0.112. The van der Waals surface area contributed by atoms with Crippen LogP contribution in [0.25, 0.3) is 11.3 Å². The molecular formula is C18H15NO4. The number of hydrogen-bond donors (Lipinski definition) is 0. The summed E-state index contributed by atoms with van der Waals surface area (Å²) in [4.78, 5) is 10.9. The molecule has 5 heteroatoms. The average molecular weight is 309 g/mol. The van der Waals surface area contributed by atoms with Crippen LogP contribution < -0.4 is 9.47 Å². The number of aldehydes is 1. The molecule has 0 atom stereocenters. The summed E-state index contributed by atoms with van der Waals surface area (Å²) in [6.45, 7) is 0.217. The molecular weight excluding hydrogens is 294 g/mol. The Morgan fingerprint density at radius 2 is 1.91 bits per heavy atom. The summed E-state index contributed by atoms with van der Waals surface area (Å²) >= 11 is 0. The van der Waals surface area contributed by atoms with Gasteiger partial charge < -0.3 is 14.0 Å². The first-order valence-corrected chi connectivity index (χ1v) is 7.07. The monoisotopic (exact) mass is 309 g/mol. The molecule has 5 nitrogen and oxygen atoms in total. The Hall–Kier alpha value is -3.08. The number of benzene rings is 2. The maximum Gasteiger partial charge on any atom is 0.167 e. The maximum absolute atomic E-state index is 10.9. The van der Waals surface area contributed by atoms with Crippen molar-refractivity contribution in [1.82, 2.24) is 5.16 Å². The van der Waals surface area contributed by atoms with E-state index in [0.29, 0.717) is 28.5 Å². The minimum Gasteiger partial charge on any atom is -0.493 e. The molecule has 0 aliphatic rings. The van der Waals surface area contributed by atoms with Crippen molar-refractivity contribution < 1.29 is 18.8 Å². The molecule has 0 spiro atoms. The van der Waals surface area contributed by atoms with E-state index in [0.717, 1.165) is 11.8 Å². The third kappa shape index (κ3) is 3.40. The van der Waals surface area contributed by atoms with Gasteiger partial charge in [-0.05, 0) is 18.2 Å². The van der Waals surface area contributed by atoms with E-state index in [-0.39, 0.29) is 6.61 Å². The second kappa shape index (κ2) is 6.79. The first kappa shape index (κ1) is 14.8. The number of carbonyl (C=O) groups is 1. The normalized spacial score (nSPS) is 10.3. The van der Waals surface area contributed by atoms with E-state index >= 15 is 0 Å². The second-order valence-corrected chi connectivity index (χ2v) is 4.87. The van der Waals surface area contributed by atoms with Crippen molar-refractivity contribution in [1.29, 1.82) is 0 Å². The number of ether oxygens (including phenoxy) is 2. The van der Waals surface area contributed by atoms with Gasteiger partial charge in [-0.2, -0.15) is 0 Å². The van der Waals surface area contributed by atoms with Gasteiger partial charge in [-0.25, -0.2) is 0 Å². The molecule has 3 aromatic rings. The van der Waals surface area contributed by atoms with Gasteiger partial charge in [0.1, 0.15) is 18.6 Å². The molecule has 0 saturated heterocycles. The Kier molecular flexibility index (Phi) is 4.38. The first-order chi connectivity index (χ1) is 11.3. The molecule has 0 fully saturated rings. The van der Waals surface area contributed by atoms with Crippen LogP contribution in [0, 0.1) is 0 Å². The van der Waals surface area contributed by atoms with E-state index < -0.39 is 0 Å². The van der Waals surface area contributed by atoms with Crippen LogP contribution in [0.1, 0.15) is 16.1 Å². The molecule has 0 amide bonds. The molecule has 0 saturated carbocycles. The predicted octanol–water partition coefficient (Wildman–Crippen LogP) is 3.74. The zero-order chi connectivity index (χ0) is 16.1. The molecule has 3 rings (SSSR count). The highest BCUT2D eigenvalue weighted by molar-refractivity contribution is 5.76. The van der Waals surface area contributed by atoms with Gasteiger partial charge >= 0.3 is 0 Å². The molecule has 1 aromatic heterocycles. The van der Waals surface area contributed by atoms with Crippen molar-refractivity contribution >= 4 is 6.29 Å². The zero-order valence-electron chi connectivity index (χ0n) is 12.6. The SMILES string of the molecule is COc1ccc(C=O)cc1OCc1cc(-c2ccccc2)on1. The van der Waals surface area contributed by atoms with Gasteiger partial charge in [-0.15, -0.1) is 0 Å². The fourth-order valence-electron chi connectivity index (χ4n) is 2.15. The minimum atomic E-state index is 0.217. The number of nitrogens with zero attached hydrogens (tertiary/aromatic N) is 1. The Bertz CT molecular complexity index is 796. The molecule has 0 aliphatic carbocycles. The van der Waals surface area contributed by atoms with Crippen LogP contribution in [-0.2, 0) is 6.61 Å². The number of rotatable bonds is 6. The summed E-state index contributed by atoms with van der Waals surface area (Å²) in [5.41, 5.74) is 2.13. The second-order valence-electron chi connectivity index (χ2n) is 4.87. The maximum atomic E-state index is 10.9. The highest BCUT2D eigenvalue weighted by atomic mass is 16.5. The fourth-order valence-corrected chi connectivity index (χ4v) is 2.15. The lowest BCUT2D eigenvalue weighted by Gasteiger charge is -2.09. The van der Waals surface area contributed by atoms with E-state index in [2.05, 4.69) is 5.16 Å². The number of aromatic nitrogens is 1. The summed E-state index contributed by atoms with van der Waals surface area (Å²) in [6.07, 6.45) is 0.760. The van der Waals surface area contributed by atoms with Crippen molar-refractivity contribution in [3.8, 4) is 22.8 Å². The standard InChI is InChI=1S/C18H15NO4/c1-21-16-8-7-13(11-20)9-18(16)22-12-15-10-17(23-19-15)14-5-3-2-4-6-14/h2-11H,12H2,1H3. The Morgan fingerprint density at radius 3 is 2.65 bits per heavy atom. The average Bonchev–Trinajstić information content (AvgIpc) is 3.09. The zero-order valence-corrected chi connectivity index (χ0v) is 12.6. The van der Waals surface area contributed by atoms with Gasteiger partial charge in [-0.1, -0.05) is 35.5 Å². The van der Waals surface area contributed by atoms with E-state index in [9.17, 15) is 4.79 Å². The molecule has 0 aliphatic heterocycles. The van der Waals surface area contributed by atoms with Gasteiger partial charge in [0.25, 0.3) is 0 Å². The van der Waals surface area contributed by atoms with Gasteiger partial charge in [0.2, 0.25) is 0 Å². The molecule has 2 aromatic carbocycles. The Labute approximate surface area is 133 Å². The van der Waals surface area contributed by atoms with Crippen molar-refractivity contribution in [2.45, 2.75) is 6.61 Å². The van der Waals surface area contributed by atoms with Crippen LogP contribution in [0.3, 0.4) is 0 Å². The Balaban J connectivity index is 1.74. The van der Waals surface area contributed by atoms with Crippen LogP contribution in [-0.4, -0.2) is 18.6 Å². The minimum absolute atomic E-state index is 0.217. The fraction of sp³-hybridized carbons (Fsp3) is 0.111. The molecule has 116 valence electrons. The largest absolute Gasteiger partial charge is 0.493 e. The summed E-state index contributed by atoms with van der Waals surface area (Å²) in [6, 6.07) is 16.5. The predicted molar refractivity (Wildman–Crippen MR) is 84.7 cm³/mol. The van der Waals surface area contributed by atoms with Gasteiger partial charge in [0.15, 0.2) is 17.3 Å². The summed E-state index contributed by atoms with van der Waals surface area (Å²) in [5, 5.41) is 4.00. The van der Waals surface area contributed by atoms with Crippen molar-refractivity contribution in [3.05, 3.63) is 65.9 Å².